The molecule has 72 valence electrons. The van der Waals surface area contributed by atoms with E-state index in [2.05, 4.69) is 31.9 Å². The SMILES string of the molecule is COc1ccc(Br)c(OCCBr)c1. The first kappa shape index (κ1) is 10.9. The molecule has 0 saturated carbocycles. The van der Waals surface area contributed by atoms with Gasteiger partial charge in [-0.15, -0.1) is 0 Å². The Morgan fingerprint density at radius 2 is 2.15 bits per heavy atom. The van der Waals surface area contributed by atoms with E-state index in [1.165, 1.54) is 0 Å². The number of ether oxygens (including phenoxy) is 2. The van der Waals surface area contributed by atoms with E-state index in [0.29, 0.717) is 6.61 Å². The number of halogens is 2. The van der Waals surface area contributed by atoms with Gasteiger partial charge in [0.25, 0.3) is 0 Å². The Morgan fingerprint density at radius 3 is 2.77 bits per heavy atom. The van der Waals surface area contributed by atoms with Gasteiger partial charge in [-0.3, -0.25) is 0 Å². The molecule has 0 aliphatic carbocycles. The van der Waals surface area contributed by atoms with Crippen molar-refractivity contribution in [1.29, 1.82) is 0 Å². The van der Waals surface area contributed by atoms with Crippen LogP contribution in [-0.2, 0) is 0 Å². The Kier molecular flexibility index (Phi) is 4.59. The number of benzene rings is 1. The van der Waals surface area contributed by atoms with Gasteiger partial charge >= 0.3 is 0 Å². The van der Waals surface area contributed by atoms with Crippen molar-refractivity contribution < 1.29 is 9.47 Å². The van der Waals surface area contributed by atoms with Crippen LogP contribution >= 0.6 is 31.9 Å². The van der Waals surface area contributed by atoms with Gasteiger partial charge in [0.05, 0.1) is 18.2 Å². The molecule has 1 rings (SSSR count). The lowest BCUT2D eigenvalue weighted by atomic mass is 10.3. The molecule has 0 spiro atoms. The maximum atomic E-state index is 5.45. The minimum Gasteiger partial charge on any atom is -0.497 e. The van der Waals surface area contributed by atoms with Crippen molar-refractivity contribution in [1.82, 2.24) is 0 Å². The number of methoxy groups -OCH3 is 1. The molecule has 1 aromatic rings. The lowest BCUT2D eigenvalue weighted by Gasteiger charge is -2.08. The van der Waals surface area contributed by atoms with Crippen LogP contribution in [0.2, 0.25) is 0 Å². The van der Waals surface area contributed by atoms with E-state index < -0.39 is 0 Å². The smallest absolute Gasteiger partial charge is 0.137 e. The van der Waals surface area contributed by atoms with E-state index in [0.717, 1.165) is 21.3 Å². The minimum atomic E-state index is 0.645. The summed E-state index contributed by atoms with van der Waals surface area (Å²) in [7, 11) is 1.64. The molecular formula is C9H10Br2O2. The highest BCUT2D eigenvalue weighted by molar-refractivity contribution is 9.10. The monoisotopic (exact) mass is 308 g/mol. The third kappa shape index (κ3) is 3.19. The average molecular weight is 310 g/mol. The van der Waals surface area contributed by atoms with E-state index in [4.69, 9.17) is 9.47 Å². The minimum absolute atomic E-state index is 0.645. The summed E-state index contributed by atoms with van der Waals surface area (Å²) in [5.74, 6) is 1.60. The molecule has 0 aliphatic rings. The molecule has 0 bridgehead atoms. The van der Waals surface area contributed by atoms with Gasteiger partial charge in [0, 0.05) is 11.4 Å². The first-order valence-corrected chi connectivity index (χ1v) is 5.71. The van der Waals surface area contributed by atoms with Crippen molar-refractivity contribution >= 4 is 31.9 Å². The summed E-state index contributed by atoms with van der Waals surface area (Å²) < 4.78 is 11.5. The Labute approximate surface area is 94.5 Å². The summed E-state index contributed by atoms with van der Waals surface area (Å²) in [6, 6.07) is 5.64. The third-order valence-corrected chi connectivity index (χ3v) is 2.45. The second kappa shape index (κ2) is 5.50. The van der Waals surface area contributed by atoms with Gasteiger partial charge in [-0.05, 0) is 28.1 Å². The van der Waals surface area contributed by atoms with Crippen LogP contribution in [0.15, 0.2) is 22.7 Å². The molecule has 0 fully saturated rings. The number of hydrogen-bond acceptors (Lipinski definition) is 2. The highest BCUT2D eigenvalue weighted by Gasteiger charge is 2.02. The maximum absolute atomic E-state index is 5.45. The quantitative estimate of drug-likeness (QED) is 0.795. The first-order valence-electron chi connectivity index (χ1n) is 3.80. The highest BCUT2D eigenvalue weighted by atomic mass is 79.9. The molecule has 1 aromatic carbocycles. The molecule has 0 atom stereocenters. The zero-order valence-corrected chi connectivity index (χ0v) is 10.4. The van der Waals surface area contributed by atoms with Gasteiger partial charge in [-0.25, -0.2) is 0 Å². The van der Waals surface area contributed by atoms with E-state index in [9.17, 15) is 0 Å². The number of alkyl halides is 1. The van der Waals surface area contributed by atoms with Crippen molar-refractivity contribution in [2.75, 3.05) is 19.0 Å². The van der Waals surface area contributed by atoms with Crippen LogP contribution in [0, 0.1) is 0 Å². The maximum Gasteiger partial charge on any atom is 0.137 e. The largest absolute Gasteiger partial charge is 0.497 e. The fourth-order valence-electron chi connectivity index (χ4n) is 0.870. The third-order valence-electron chi connectivity index (χ3n) is 1.47. The van der Waals surface area contributed by atoms with Crippen molar-refractivity contribution in [2.24, 2.45) is 0 Å². The Morgan fingerprint density at radius 1 is 1.38 bits per heavy atom. The van der Waals surface area contributed by atoms with Crippen LogP contribution in [0.25, 0.3) is 0 Å². The summed E-state index contributed by atoms with van der Waals surface area (Å²) >= 11 is 6.69. The lowest BCUT2D eigenvalue weighted by Crippen LogP contribution is -1.98. The van der Waals surface area contributed by atoms with Crippen molar-refractivity contribution in [3.63, 3.8) is 0 Å². The Bertz CT molecular complexity index is 276. The fraction of sp³-hybridized carbons (Fsp3) is 0.333. The predicted octanol–water partition coefficient (Wildman–Crippen LogP) is 3.23. The molecular weight excluding hydrogens is 300 g/mol. The summed E-state index contributed by atoms with van der Waals surface area (Å²) in [6.45, 7) is 0.645. The van der Waals surface area contributed by atoms with Crippen LogP contribution in [-0.4, -0.2) is 19.0 Å². The van der Waals surface area contributed by atoms with Crippen LogP contribution in [0.1, 0.15) is 0 Å². The molecule has 2 nitrogen and oxygen atoms in total. The lowest BCUT2D eigenvalue weighted by molar-refractivity contribution is 0.338. The van der Waals surface area contributed by atoms with E-state index in [-0.39, 0.29) is 0 Å². The standard InChI is InChI=1S/C9H10Br2O2/c1-12-7-2-3-8(11)9(6-7)13-5-4-10/h2-3,6H,4-5H2,1H3. The summed E-state index contributed by atoms with van der Waals surface area (Å²) in [6.07, 6.45) is 0. The second-order valence-electron chi connectivity index (χ2n) is 2.33. The zero-order valence-electron chi connectivity index (χ0n) is 7.22. The molecule has 13 heavy (non-hydrogen) atoms. The molecule has 4 heteroatoms. The molecule has 0 saturated heterocycles. The van der Waals surface area contributed by atoms with Crippen LogP contribution < -0.4 is 9.47 Å². The molecule has 0 amide bonds. The van der Waals surface area contributed by atoms with Crippen molar-refractivity contribution in [3.8, 4) is 11.5 Å². The number of rotatable bonds is 4. The molecule has 0 aromatic heterocycles. The Hall–Kier alpha value is -0.220. The van der Waals surface area contributed by atoms with E-state index in [1.54, 1.807) is 7.11 Å². The molecule has 0 N–H and O–H groups in total. The fourth-order valence-corrected chi connectivity index (χ4v) is 1.39. The van der Waals surface area contributed by atoms with Gasteiger partial charge in [0.1, 0.15) is 11.5 Å². The van der Waals surface area contributed by atoms with Crippen LogP contribution in [0.5, 0.6) is 11.5 Å². The van der Waals surface area contributed by atoms with Crippen LogP contribution in [0.3, 0.4) is 0 Å². The topological polar surface area (TPSA) is 18.5 Å². The highest BCUT2D eigenvalue weighted by Crippen LogP contribution is 2.29. The van der Waals surface area contributed by atoms with Gasteiger partial charge < -0.3 is 9.47 Å². The molecule has 0 radical (unpaired) electrons. The summed E-state index contributed by atoms with van der Waals surface area (Å²) in [5, 5.41) is 0.816. The van der Waals surface area contributed by atoms with Gasteiger partial charge in [0.15, 0.2) is 0 Å². The van der Waals surface area contributed by atoms with Gasteiger partial charge in [-0.1, -0.05) is 15.9 Å². The van der Waals surface area contributed by atoms with Gasteiger partial charge in [0.2, 0.25) is 0 Å². The van der Waals surface area contributed by atoms with Gasteiger partial charge in [-0.2, -0.15) is 0 Å². The average Bonchev–Trinajstić information content (AvgIpc) is 2.17. The summed E-state index contributed by atoms with van der Waals surface area (Å²) in [5.41, 5.74) is 0. The normalized spacial score (nSPS) is 9.77. The molecule has 0 aliphatic heterocycles. The van der Waals surface area contributed by atoms with Crippen molar-refractivity contribution in [3.05, 3.63) is 22.7 Å². The first-order chi connectivity index (χ1) is 6.27. The zero-order chi connectivity index (χ0) is 9.68. The second-order valence-corrected chi connectivity index (χ2v) is 3.98. The van der Waals surface area contributed by atoms with E-state index >= 15 is 0 Å². The molecule has 0 heterocycles. The van der Waals surface area contributed by atoms with Crippen molar-refractivity contribution in [2.45, 2.75) is 0 Å². The Balaban J connectivity index is 2.78. The summed E-state index contributed by atoms with van der Waals surface area (Å²) in [4.78, 5) is 0. The van der Waals surface area contributed by atoms with E-state index in [1.807, 2.05) is 18.2 Å². The number of hydrogen-bond donors (Lipinski definition) is 0. The van der Waals surface area contributed by atoms with Crippen LogP contribution in [0.4, 0.5) is 0 Å². The predicted molar refractivity (Wildman–Crippen MR) is 60.0 cm³/mol. The molecule has 0 unspecified atom stereocenters.